The molecule has 0 radical (unpaired) electrons. The molecule has 1 saturated heterocycles. The number of ether oxygens (including phenoxy) is 1. The van der Waals surface area contributed by atoms with Crippen LogP contribution in [0.1, 0.15) is 17.4 Å². The van der Waals surface area contributed by atoms with Crippen molar-refractivity contribution in [3.05, 3.63) is 57.9 Å². The maximum Gasteiger partial charge on any atom is 0.252 e. The number of rotatable bonds is 6. The second kappa shape index (κ2) is 9.19. The van der Waals surface area contributed by atoms with Gasteiger partial charge in [0.15, 0.2) is 0 Å². The lowest BCUT2D eigenvalue weighted by molar-refractivity contribution is -0.116. The minimum absolute atomic E-state index is 0.258. The first-order valence-corrected chi connectivity index (χ1v) is 11.4. The third kappa shape index (κ3) is 5.01. The Morgan fingerprint density at radius 2 is 1.96 bits per heavy atom. The smallest absolute Gasteiger partial charge is 0.252 e. The Morgan fingerprint density at radius 1 is 1.25 bits per heavy atom. The summed E-state index contributed by atoms with van der Waals surface area (Å²) in [5.74, 6) is -0.261. The molecule has 0 aliphatic carbocycles. The summed E-state index contributed by atoms with van der Waals surface area (Å²) in [6, 6.07) is 10.6. The van der Waals surface area contributed by atoms with Gasteiger partial charge in [0.05, 0.1) is 19.8 Å². The molecule has 0 spiro atoms. The Bertz CT molecular complexity index is 979. The number of hydrogen-bond donors (Lipinski definition) is 1. The second-order valence-electron chi connectivity index (χ2n) is 6.26. The van der Waals surface area contributed by atoms with Crippen molar-refractivity contribution in [3.8, 4) is 0 Å². The molecule has 1 amide bonds. The molecule has 150 valence electrons. The minimum Gasteiger partial charge on any atom is -0.379 e. The molecule has 2 aromatic rings. The van der Waals surface area contributed by atoms with E-state index in [-0.39, 0.29) is 16.7 Å². The number of carbonyl (C=O) groups is 1. The van der Waals surface area contributed by atoms with Gasteiger partial charge in [-0.1, -0.05) is 29.8 Å². The number of carbonyl (C=O) groups excluding carboxylic acids is 1. The Labute approximate surface area is 173 Å². The van der Waals surface area contributed by atoms with Crippen molar-refractivity contribution in [2.75, 3.05) is 26.3 Å². The molecular weight excluding hydrogens is 420 g/mol. The van der Waals surface area contributed by atoms with Crippen LogP contribution in [0.4, 0.5) is 0 Å². The Kier molecular flexibility index (Phi) is 6.90. The molecule has 3 rings (SSSR count). The van der Waals surface area contributed by atoms with Gasteiger partial charge >= 0.3 is 0 Å². The van der Waals surface area contributed by atoms with Crippen LogP contribution in [0.15, 0.2) is 46.7 Å². The molecule has 1 fully saturated rings. The lowest BCUT2D eigenvalue weighted by atomic mass is 10.1. The molecule has 28 heavy (non-hydrogen) atoms. The molecule has 1 aromatic carbocycles. The zero-order valence-corrected chi connectivity index (χ0v) is 17.7. The van der Waals surface area contributed by atoms with Gasteiger partial charge in [-0.2, -0.15) is 4.31 Å². The van der Waals surface area contributed by atoms with E-state index >= 15 is 0 Å². The molecule has 0 unspecified atom stereocenters. The van der Waals surface area contributed by atoms with E-state index in [4.69, 9.17) is 16.3 Å². The topological polar surface area (TPSA) is 75.7 Å². The largest absolute Gasteiger partial charge is 0.379 e. The number of nitrogens with zero attached hydrogens (tertiary/aromatic N) is 1. The summed E-state index contributed by atoms with van der Waals surface area (Å²) in [6.45, 7) is 3.61. The number of sulfonamides is 1. The summed E-state index contributed by atoms with van der Waals surface area (Å²) in [5, 5.41) is 3.37. The summed E-state index contributed by atoms with van der Waals surface area (Å²) in [7, 11) is -3.51. The van der Waals surface area contributed by atoms with E-state index in [2.05, 4.69) is 5.32 Å². The summed E-state index contributed by atoms with van der Waals surface area (Å²) >= 11 is 7.31. The molecule has 0 atom stereocenters. The second-order valence-corrected chi connectivity index (χ2v) is 10.0. The number of allylic oxidation sites excluding steroid dienone is 1. The number of nitrogens with one attached hydrogen (secondary N) is 1. The van der Waals surface area contributed by atoms with Crippen LogP contribution in [0.5, 0.6) is 0 Å². The van der Waals surface area contributed by atoms with Gasteiger partial charge in [0.1, 0.15) is 4.21 Å². The molecule has 0 bridgehead atoms. The lowest BCUT2D eigenvalue weighted by Crippen LogP contribution is -2.40. The van der Waals surface area contributed by atoms with Crippen LogP contribution in [0.25, 0.3) is 5.57 Å². The molecule has 2 heterocycles. The normalized spacial score (nSPS) is 16.1. The summed E-state index contributed by atoms with van der Waals surface area (Å²) in [5.41, 5.74) is 1.55. The van der Waals surface area contributed by atoms with Crippen LogP contribution < -0.4 is 5.32 Å². The molecule has 1 N–H and O–H groups in total. The van der Waals surface area contributed by atoms with Gasteiger partial charge in [0.2, 0.25) is 5.91 Å². The number of thiophene rings is 1. The number of morpholine rings is 1. The quantitative estimate of drug-likeness (QED) is 0.700. The fourth-order valence-corrected chi connectivity index (χ4v) is 5.93. The average Bonchev–Trinajstić information content (AvgIpc) is 3.17. The highest BCUT2D eigenvalue weighted by Crippen LogP contribution is 2.26. The first kappa shape index (κ1) is 21.0. The predicted octanol–water partition coefficient (Wildman–Crippen LogP) is 3.14. The Balaban J connectivity index is 1.62. The Hall–Kier alpha value is -1.71. The van der Waals surface area contributed by atoms with Gasteiger partial charge in [0.25, 0.3) is 10.0 Å². The monoisotopic (exact) mass is 440 g/mol. The fraction of sp³-hybridized carbons (Fsp3) is 0.316. The van der Waals surface area contributed by atoms with E-state index in [1.165, 1.54) is 21.7 Å². The molecule has 6 nitrogen and oxygen atoms in total. The molecule has 1 aromatic heterocycles. The molecule has 1 aliphatic rings. The van der Waals surface area contributed by atoms with Crippen LogP contribution in [0.2, 0.25) is 5.02 Å². The van der Waals surface area contributed by atoms with Crippen molar-refractivity contribution in [2.45, 2.75) is 17.7 Å². The number of amides is 1. The number of hydrogen-bond acceptors (Lipinski definition) is 5. The van der Waals surface area contributed by atoms with Crippen LogP contribution in [-0.2, 0) is 26.1 Å². The van der Waals surface area contributed by atoms with Crippen LogP contribution >= 0.6 is 22.9 Å². The van der Waals surface area contributed by atoms with Gasteiger partial charge in [0, 0.05) is 29.1 Å². The first-order chi connectivity index (χ1) is 13.4. The highest BCUT2D eigenvalue weighted by atomic mass is 35.5. The van der Waals surface area contributed by atoms with E-state index in [0.29, 0.717) is 31.3 Å². The molecule has 0 saturated carbocycles. The maximum atomic E-state index is 12.6. The van der Waals surface area contributed by atoms with Crippen LogP contribution in [-0.4, -0.2) is 44.9 Å². The van der Waals surface area contributed by atoms with Crippen molar-refractivity contribution in [3.63, 3.8) is 0 Å². The highest BCUT2D eigenvalue weighted by Gasteiger charge is 2.27. The maximum absolute atomic E-state index is 12.6. The van der Waals surface area contributed by atoms with Crippen LogP contribution in [0, 0.1) is 0 Å². The van der Waals surface area contributed by atoms with E-state index in [0.717, 1.165) is 16.0 Å². The zero-order valence-electron chi connectivity index (χ0n) is 15.4. The molecule has 1 aliphatic heterocycles. The van der Waals surface area contributed by atoms with E-state index < -0.39 is 10.0 Å². The number of benzene rings is 1. The van der Waals surface area contributed by atoms with Crippen molar-refractivity contribution >= 4 is 44.4 Å². The minimum atomic E-state index is -3.51. The number of halogens is 1. The molecular formula is C19H21ClN2O4S2. The SMILES string of the molecule is C/C(=C/C(=O)NCc1ccc(S(=O)(=O)N2CCOCC2)s1)c1ccccc1Cl. The van der Waals surface area contributed by atoms with Crippen molar-refractivity contribution in [1.29, 1.82) is 0 Å². The van der Waals surface area contributed by atoms with Gasteiger partial charge < -0.3 is 10.1 Å². The Morgan fingerprint density at radius 3 is 2.68 bits per heavy atom. The van der Waals surface area contributed by atoms with Gasteiger partial charge in [-0.3, -0.25) is 4.79 Å². The van der Waals surface area contributed by atoms with Crippen molar-refractivity contribution < 1.29 is 17.9 Å². The lowest BCUT2D eigenvalue weighted by Gasteiger charge is -2.25. The first-order valence-electron chi connectivity index (χ1n) is 8.75. The predicted molar refractivity (Wildman–Crippen MR) is 111 cm³/mol. The average molecular weight is 441 g/mol. The van der Waals surface area contributed by atoms with Gasteiger partial charge in [-0.25, -0.2) is 8.42 Å². The fourth-order valence-electron chi connectivity index (χ4n) is 2.79. The zero-order chi connectivity index (χ0) is 20.1. The molecule has 9 heteroatoms. The van der Waals surface area contributed by atoms with E-state index in [1.807, 2.05) is 25.1 Å². The van der Waals surface area contributed by atoms with Crippen LogP contribution in [0.3, 0.4) is 0 Å². The third-order valence-electron chi connectivity index (χ3n) is 4.28. The third-order valence-corrected chi connectivity index (χ3v) is 8.07. The van der Waals surface area contributed by atoms with E-state index in [1.54, 1.807) is 18.2 Å². The highest BCUT2D eigenvalue weighted by molar-refractivity contribution is 7.91. The van der Waals surface area contributed by atoms with Gasteiger partial charge in [-0.05, 0) is 36.3 Å². The summed E-state index contributed by atoms with van der Waals surface area (Å²) in [6.07, 6.45) is 1.49. The summed E-state index contributed by atoms with van der Waals surface area (Å²) in [4.78, 5) is 13.0. The summed E-state index contributed by atoms with van der Waals surface area (Å²) < 4.78 is 32.2. The van der Waals surface area contributed by atoms with Crippen molar-refractivity contribution in [2.24, 2.45) is 0 Å². The van der Waals surface area contributed by atoms with E-state index in [9.17, 15) is 13.2 Å². The standard InChI is InChI=1S/C19H21ClN2O4S2/c1-14(16-4-2-3-5-17(16)20)12-18(23)21-13-15-6-7-19(27-15)28(24,25)22-8-10-26-11-9-22/h2-7,12H,8-11,13H2,1H3,(H,21,23)/b14-12-. The van der Waals surface area contributed by atoms with Gasteiger partial charge in [-0.15, -0.1) is 11.3 Å². The van der Waals surface area contributed by atoms with Crippen molar-refractivity contribution in [1.82, 2.24) is 9.62 Å².